The number of rotatable bonds is 3. The van der Waals surface area contributed by atoms with Gasteiger partial charge in [-0.15, -0.1) is 11.3 Å². The second kappa shape index (κ2) is 7.02. The zero-order valence-corrected chi connectivity index (χ0v) is 16.2. The molecular weight excluding hydrogens is 366 g/mol. The van der Waals surface area contributed by atoms with Crippen LogP contribution in [0.1, 0.15) is 40.5 Å². The van der Waals surface area contributed by atoms with Crippen molar-refractivity contribution in [3.8, 4) is 11.8 Å². The molecule has 0 fully saturated rings. The topological polar surface area (TPSA) is 97.2 Å². The third-order valence-corrected chi connectivity index (χ3v) is 5.07. The SMILES string of the molecule is CCOC(=O)c1c(C)[nH]c2c(=O)n(C)cc(C#CC(C)(O)c3nccs3)c12. The van der Waals surface area contributed by atoms with Crippen molar-refractivity contribution in [3.05, 3.63) is 50.0 Å². The molecule has 0 aliphatic carbocycles. The number of hydrogen-bond acceptors (Lipinski definition) is 6. The molecule has 3 rings (SSSR count). The number of carbonyl (C=O) groups excluding carboxylic acids is 1. The van der Waals surface area contributed by atoms with Gasteiger partial charge in [-0.3, -0.25) is 4.79 Å². The van der Waals surface area contributed by atoms with E-state index in [2.05, 4.69) is 21.8 Å². The molecule has 0 saturated heterocycles. The fourth-order valence-corrected chi connectivity index (χ4v) is 3.46. The van der Waals surface area contributed by atoms with Gasteiger partial charge >= 0.3 is 5.97 Å². The minimum Gasteiger partial charge on any atom is -0.462 e. The molecule has 3 heterocycles. The van der Waals surface area contributed by atoms with E-state index in [0.717, 1.165) is 0 Å². The van der Waals surface area contributed by atoms with Crippen molar-refractivity contribution in [1.82, 2.24) is 14.5 Å². The number of aromatic amines is 1. The van der Waals surface area contributed by atoms with Crippen molar-refractivity contribution in [2.75, 3.05) is 6.61 Å². The number of nitrogens with one attached hydrogen (secondary N) is 1. The third kappa shape index (κ3) is 3.39. The van der Waals surface area contributed by atoms with E-state index in [-0.39, 0.29) is 23.2 Å². The molecule has 0 spiro atoms. The van der Waals surface area contributed by atoms with Crippen molar-refractivity contribution < 1.29 is 14.6 Å². The highest BCUT2D eigenvalue weighted by molar-refractivity contribution is 7.09. The maximum Gasteiger partial charge on any atom is 0.340 e. The zero-order chi connectivity index (χ0) is 19.8. The molecule has 0 radical (unpaired) electrons. The standard InChI is InChI=1S/C19H19N3O4S/c1-5-26-17(24)13-11(2)21-15-14(13)12(10-22(4)16(15)23)6-7-19(3,25)18-20-8-9-27-18/h8-10,21,25H,5H2,1-4H3. The first-order valence-corrected chi connectivity index (χ1v) is 9.18. The minimum atomic E-state index is -1.45. The van der Waals surface area contributed by atoms with Crippen LogP contribution in [0.2, 0.25) is 0 Å². The molecule has 140 valence electrons. The van der Waals surface area contributed by atoms with Gasteiger partial charge in [0.25, 0.3) is 5.56 Å². The van der Waals surface area contributed by atoms with Gasteiger partial charge in [-0.1, -0.05) is 11.8 Å². The van der Waals surface area contributed by atoms with Crippen LogP contribution in [0.4, 0.5) is 0 Å². The maximum atomic E-state index is 12.5. The molecule has 2 N–H and O–H groups in total. The van der Waals surface area contributed by atoms with Gasteiger partial charge in [-0.05, 0) is 20.8 Å². The van der Waals surface area contributed by atoms with Crippen molar-refractivity contribution in [1.29, 1.82) is 0 Å². The Morgan fingerprint density at radius 3 is 2.89 bits per heavy atom. The quantitative estimate of drug-likeness (QED) is 0.531. The molecule has 1 unspecified atom stereocenters. The molecule has 0 saturated carbocycles. The molecule has 0 bridgehead atoms. The number of fused-ring (bicyclic) bond motifs is 1. The first-order valence-electron chi connectivity index (χ1n) is 8.30. The number of aromatic nitrogens is 3. The molecule has 3 aromatic rings. The molecule has 27 heavy (non-hydrogen) atoms. The van der Waals surface area contributed by atoms with E-state index < -0.39 is 11.6 Å². The summed E-state index contributed by atoms with van der Waals surface area (Å²) in [6.45, 7) is 5.18. The summed E-state index contributed by atoms with van der Waals surface area (Å²) in [5.41, 5.74) is -0.204. The van der Waals surface area contributed by atoms with E-state index in [4.69, 9.17) is 4.74 Å². The van der Waals surface area contributed by atoms with Gasteiger partial charge in [-0.2, -0.15) is 0 Å². The summed E-state index contributed by atoms with van der Waals surface area (Å²) in [4.78, 5) is 32.0. The van der Waals surface area contributed by atoms with E-state index in [1.807, 2.05) is 0 Å². The van der Waals surface area contributed by atoms with E-state index in [9.17, 15) is 14.7 Å². The summed E-state index contributed by atoms with van der Waals surface area (Å²) in [6, 6.07) is 0. The predicted octanol–water partition coefficient (Wildman–Crippen LogP) is 2.07. The Bertz CT molecular complexity index is 1130. The smallest absolute Gasteiger partial charge is 0.340 e. The molecular formula is C19H19N3O4S. The number of pyridine rings is 1. The molecule has 1 atom stereocenters. The Kier molecular flexibility index (Phi) is 4.91. The molecule has 0 aliphatic heterocycles. The van der Waals surface area contributed by atoms with E-state index in [0.29, 0.717) is 21.7 Å². The lowest BCUT2D eigenvalue weighted by Crippen LogP contribution is -2.19. The van der Waals surface area contributed by atoms with Gasteiger partial charge < -0.3 is 19.4 Å². The highest BCUT2D eigenvalue weighted by Gasteiger charge is 2.25. The first kappa shape index (κ1) is 18.9. The van der Waals surface area contributed by atoms with Crippen LogP contribution in [0.5, 0.6) is 0 Å². The van der Waals surface area contributed by atoms with Crippen LogP contribution in [0, 0.1) is 18.8 Å². The lowest BCUT2D eigenvalue weighted by Gasteiger charge is -2.12. The fourth-order valence-electron chi connectivity index (χ4n) is 2.81. The van der Waals surface area contributed by atoms with Crippen LogP contribution in [0.25, 0.3) is 10.9 Å². The average molecular weight is 385 g/mol. The number of hydrogen-bond donors (Lipinski definition) is 2. The Balaban J connectivity index is 2.25. The second-order valence-corrected chi connectivity index (χ2v) is 7.11. The average Bonchev–Trinajstić information content (AvgIpc) is 3.25. The summed E-state index contributed by atoms with van der Waals surface area (Å²) in [6.07, 6.45) is 3.14. The Labute approximate surface area is 159 Å². The van der Waals surface area contributed by atoms with Gasteiger partial charge in [0.2, 0.25) is 0 Å². The number of thiazole rings is 1. The third-order valence-electron chi connectivity index (χ3n) is 4.08. The fraction of sp³-hybridized carbons (Fsp3) is 0.316. The number of aryl methyl sites for hydroxylation is 2. The Morgan fingerprint density at radius 2 is 2.26 bits per heavy atom. The van der Waals surface area contributed by atoms with Crippen LogP contribution in [0.3, 0.4) is 0 Å². The summed E-state index contributed by atoms with van der Waals surface area (Å²) in [5.74, 6) is 5.19. The molecule has 0 aliphatic rings. The molecule has 8 heteroatoms. The number of nitrogens with zero attached hydrogens (tertiary/aromatic N) is 2. The highest BCUT2D eigenvalue weighted by atomic mass is 32.1. The van der Waals surface area contributed by atoms with Gasteiger partial charge in [0.05, 0.1) is 17.7 Å². The maximum absolute atomic E-state index is 12.5. The predicted molar refractivity (Wildman–Crippen MR) is 103 cm³/mol. The van der Waals surface area contributed by atoms with Crippen molar-refractivity contribution in [2.24, 2.45) is 7.05 Å². The Hall–Kier alpha value is -2.89. The normalized spacial score (nSPS) is 13.1. The molecule has 0 amide bonds. The summed E-state index contributed by atoms with van der Waals surface area (Å²) < 4.78 is 6.52. The van der Waals surface area contributed by atoms with Crippen molar-refractivity contribution in [2.45, 2.75) is 26.4 Å². The van der Waals surface area contributed by atoms with E-state index in [1.165, 1.54) is 15.9 Å². The summed E-state index contributed by atoms with van der Waals surface area (Å²) in [7, 11) is 1.60. The second-order valence-electron chi connectivity index (χ2n) is 6.21. The van der Waals surface area contributed by atoms with Crippen molar-refractivity contribution in [3.63, 3.8) is 0 Å². The number of ether oxygens (including phenoxy) is 1. The summed E-state index contributed by atoms with van der Waals surface area (Å²) in [5, 5.41) is 13.2. The minimum absolute atomic E-state index is 0.218. The van der Waals surface area contributed by atoms with Crippen molar-refractivity contribution >= 4 is 28.2 Å². The van der Waals surface area contributed by atoms with E-state index in [1.54, 1.807) is 45.6 Å². The highest BCUT2D eigenvalue weighted by Crippen LogP contribution is 2.26. The van der Waals surface area contributed by atoms with Crippen LogP contribution in [0.15, 0.2) is 22.6 Å². The summed E-state index contributed by atoms with van der Waals surface area (Å²) >= 11 is 1.29. The number of aliphatic hydroxyl groups is 1. The number of esters is 1. The van der Waals surface area contributed by atoms with Crippen LogP contribution >= 0.6 is 11.3 Å². The molecule has 0 aromatic carbocycles. The van der Waals surface area contributed by atoms with Gasteiger partial charge in [0.1, 0.15) is 10.5 Å². The van der Waals surface area contributed by atoms with Gasteiger partial charge in [0.15, 0.2) is 5.60 Å². The largest absolute Gasteiger partial charge is 0.462 e. The Morgan fingerprint density at radius 1 is 1.52 bits per heavy atom. The van der Waals surface area contributed by atoms with Crippen LogP contribution in [-0.2, 0) is 17.4 Å². The first-order chi connectivity index (χ1) is 12.8. The van der Waals surface area contributed by atoms with Gasteiger partial charge in [-0.25, -0.2) is 9.78 Å². The zero-order valence-electron chi connectivity index (χ0n) is 15.4. The number of carbonyl (C=O) groups is 1. The van der Waals surface area contributed by atoms with Gasteiger partial charge in [0, 0.05) is 35.9 Å². The van der Waals surface area contributed by atoms with E-state index >= 15 is 0 Å². The van der Waals surface area contributed by atoms with Crippen LogP contribution < -0.4 is 5.56 Å². The lowest BCUT2D eigenvalue weighted by molar-refractivity contribution is 0.0528. The monoisotopic (exact) mass is 385 g/mol. The van der Waals surface area contributed by atoms with Crippen LogP contribution in [-0.4, -0.2) is 32.2 Å². The lowest BCUT2D eigenvalue weighted by atomic mass is 10.0. The molecule has 3 aromatic heterocycles. The molecule has 7 nitrogen and oxygen atoms in total. The number of H-pyrrole nitrogens is 1.